The molecule has 0 fully saturated rings. The first-order valence-electron chi connectivity index (χ1n) is 11.2. The van der Waals surface area contributed by atoms with E-state index >= 15 is 0 Å². The summed E-state index contributed by atoms with van der Waals surface area (Å²) in [5, 5.41) is 0. The van der Waals surface area contributed by atoms with Gasteiger partial charge < -0.3 is 0 Å². The number of hydrogen-bond acceptors (Lipinski definition) is 2. The van der Waals surface area contributed by atoms with Crippen molar-refractivity contribution in [2.24, 2.45) is 0 Å². The van der Waals surface area contributed by atoms with E-state index in [1.54, 1.807) is 0 Å². The number of thiol groups is 2. The molecule has 0 spiro atoms. The van der Waals surface area contributed by atoms with Crippen molar-refractivity contribution in [1.29, 1.82) is 0 Å². The van der Waals surface area contributed by atoms with Crippen LogP contribution in [0.1, 0.15) is 105 Å². The molecule has 0 atom stereocenters. The normalized spacial score (nSPS) is 13.6. The first kappa shape index (κ1) is 27.2. The van der Waals surface area contributed by atoms with E-state index in [-0.39, 0.29) is 21.7 Å². The molecule has 0 radical (unpaired) electrons. The van der Waals surface area contributed by atoms with Gasteiger partial charge in [0.05, 0.1) is 0 Å². The van der Waals surface area contributed by atoms with Crippen molar-refractivity contribution in [3.8, 4) is 0 Å². The summed E-state index contributed by atoms with van der Waals surface area (Å²) in [5.41, 5.74) is 5.74. The van der Waals surface area contributed by atoms with E-state index in [4.69, 9.17) is 25.3 Å². The third kappa shape index (κ3) is 6.50. The summed E-state index contributed by atoms with van der Waals surface area (Å²) in [7, 11) is 0. The molecular formula is C28H42S2Te. The molecule has 0 aromatic heterocycles. The van der Waals surface area contributed by atoms with Crippen molar-refractivity contribution in [1.82, 2.24) is 0 Å². The number of rotatable bonds is 2. The summed E-state index contributed by atoms with van der Waals surface area (Å²) in [6.07, 6.45) is 0. The Morgan fingerprint density at radius 3 is 0.806 bits per heavy atom. The Hall–Kier alpha value is -0.0704. The SMILES string of the molecule is CC(C)(C)c1cc([Te]c2cc(C(C)(C)C)c(S)c(C(C)(C)C)c2)cc(C(C)(C)C)c1S. The molecule has 0 amide bonds. The van der Waals surface area contributed by atoms with Gasteiger partial charge in [0.15, 0.2) is 0 Å². The summed E-state index contributed by atoms with van der Waals surface area (Å²) in [5.74, 6) is 0. The van der Waals surface area contributed by atoms with Crippen molar-refractivity contribution < 1.29 is 0 Å². The minimum atomic E-state index is -0.551. The monoisotopic (exact) mass is 572 g/mol. The third-order valence-electron chi connectivity index (χ3n) is 5.63. The van der Waals surface area contributed by atoms with E-state index in [1.807, 2.05) is 0 Å². The summed E-state index contributed by atoms with van der Waals surface area (Å²) in [6.45, 7) is 27.5. The van der Waals surface area contributed by atoms with Crippen LogP contribution in [-0.4, -0.2) is 20.9 Å². The fourth-order valence-electron chi connectivity index (χ4n) is 3.76. The van der Waals surface area contributed by atoms with Crippen molar-refractivity contribution >= 4 is 53.4 Å². The Bertz CT molecular complexity index is 809. The Morgan fingerprint density at radius 2 is 0.645 bits per heavy atom. The average Bonchev–Trinajstić information content (AvgIpc) is 2.53. The van der Waals surface area contributed by atoms with Crippen LogP contribution in [0.3, 0.4) is 0 Å². The van der Waals surface area contributed by atoms with E-state index in [1.165, 1.54) is 29.5 Å². The Kier molecular flexibility index (Phi) is 7.84. The van der Waals surface area contributed by atoms with Gasteiger partial charge in [0.1, 0.15) is 0 Å². The molecule has 0 saturated carbocycles. The van der Waals surface area contributed by atoms with E-state index in [0.29, 0.717) is 0 Å². The molecule has 172 valence electrons. The number of benzene rings is 2. The van der Waals surface area contributed by atoms with Crippen LogP contribution in [0.4, 0.5) is 0 Å². The molecule has 3 heteroatoms. The van der Waals surface area contributed by atoms with Gasteiger partial charge >= 0.3 is 214 Å². The van der Waals surface area contributed by atoms with Crippen LogP contribution in [-0.2, 0) is 21.7 Å². The third-order valence-corrected chi connectivity index (χ3v) is 9.29. The zero-order chi connectivity index (χ0) is 24.2. The van der Waals surface area contributed by atoms with Gasteiger partial charge in [0, 0.05) is 0 Å². The molecule has 0 saturated heterocycles. The van der Waals surface area contributed by atoms with Crippen LogP contribution >= 0.6 is 25.3 Å². The maximum atomic E-state index is 5.00. The van der Waals surface area contributed by atoms with Crippen LogP contribution in [0.2, 0.25) is 0 Å². The molecular weight excluding hydrogens is 528 g/mol. The first-order valence-corrected chi connectivity index (χ1v) is 14.4. The summed E-state index contributed by atoms with van der Waals surface area (Å²) in [4.78, 5) is 2.32. The quantitative estimate of drug-likeness (QED) is 0.279. The Labute approximate surface area is 213 Å². The fourth-order valence-corrected chi connectivity index (χ4v) is 8.15. The van der Waals surface area contributed by atoms with Gasteiger partial charge in [-0.1, -0.05) is 0 Å². The summed E-state index contributed by atoms with van der Waals surface area (Å²) < 4.78 is 2.98. The van der Waals surface area contributed by atoms with Gasteiger partial charge in [-0.2, -0.15) is 0 Å². The average molecular weight is 570 g/mol. The molecule has 0 nitrogen and oxygen atoms in total. The Balaban J connectivity index is 2.73. The van der Waals surface area contributed by atoms with E-state index in [0.717, 1.165) is 9.79 Å². The van der Waals surface area contributed by atoms with E-state index in [9.17, 15) is 0 Å². The van der Waals surface area contributed by atoms with Gasteiger partial charge in [0.2, 0.25) is 0 Å². The molecule has 0 aliphatic rings. The Morgan fingerprint density at radius 1 is 0.452 bits per heavy atom. The van der Waals surface area contributed by atoms with Crippen LogP contribution in [0.5, 0.6) is 0 Å². The van der Waals surface area contributed by atoms with Crippen LogP contribution in [0.25, 0.3) is 0 Å². The topological polar surface area (TPSA) is 0 Å². The molecule has 0 aliphatic carbocycles. The van der Waals surface area contributed by atoms with Crippen molar-refractivity contribution in [3.63, 3.8) is 0 Å². The molecule has 31 heavy (non-hydrogen) atoms. The number of hydrogen-bond donors (Lipinski definition) is 2. The summed E-state index contributed by atoms with van der Waals surface area (Å²) >= 11 is 9.44. The first-order chi connectivity index (χ1) is 13.7. The van der Waals surface area contributed by atoms with Gasteiger partial charge in [-0.05, 0) is 0 Å². The second-order valence-corrected chi connectivity index (χ2v) is 17.0. The molecule has 2 aromatic rings. The van der Waals surface area contributed by atoms with Gasteiger partial charge in [-0.3, -0.25) is 0 Å². The second kappa shape index (κ2) is 8.94. The molecule has 0 unspecified atom stereocenters. The minimum absolute atomic E-state index is 0.0716. The van der Waals surface area contributed by atoms with E-state index < -0.39 is 20.9 Å². The molecule has 0 heterocycles. The second-order valence-electron chi connectivity index (χ2n) is 12.8. The molecule has 0 N–H and O–H groups in total. The predicted octanol–water partition coefficient (Wildman–Crippen LogP) is 7.11. The van der Waals surface area contributed by atoms with Crippen molar-refractivity contribution in [3.05, 3.63) is 46.5 Å². The van der Waals surface area contributed by atoms with Crippen molar-refractivity contribution in [2.45, 2.75) is 115 Å². The molecule has 2 rings (SSSR count). The maximum absolute atomic E-state index is 5.00. The predicted molar refractivity (Wildman–Crippen MR) is 147 cm³/mol. The summed E-state index contributed by atoms with van der Waals surface area (Å²) in [6, 6.07) is 9.73. The standard InChI is InChI=1S/C28H42S2Te/c1-25(2,3)19-13-17(14-20(23(19)29)26(4,5)6)31-18-15-21(27(7,8)9)24(30)22(16-18)28(10,11)12/h13-16,29-30H,1-12H3. The van der Waals surface area contributed by atoms with Crippen molar-refractivity contribution in [2.75, 3.05) is 0 Å². The van der Waals surface area contributed by atoms with Gasteiger partial charge in [-0.25, -0.2) is 0 Å². The molecule has 0 bridgehead atoms. The van der Waals surface area contributed by atoms with Crippen LogP contribution in [0.15, 0.2) is 34.1 Å². The molecule has 0 aliphatic heterocycles. The van der Waals surface area contributed by atoms with E-state index in [2.05, 4.69) is 107 Å². The van der Waals surface area contributed by atoms with Crippen LogP contribution < -0.4 is 7.22 Å². The van der Waals surface area contributed by atoms with Crippen LogP contribution in [0, 0.1) is 0 Å². The van der Waals surface area contributed by atoms with Gasteiger partial charge in [0.25, 0.3) is 0 Å². The molecule has 2 aromatic carbocycles. The zero-order valence-corrected chi connectivity index (χ0v) is 25.7. The van der Waals surface area contributed by atoms with Gasteiger partial charge in [-0.15, -0.1) is 0 Å². The fraction of sp³-hybridized carbons (Fsp3) is 0.571. The zero-order valence-electron chi connectivity index (χ0n) is 21.6.